The molecule has 0 spiro atoms. The van der Waals surface area contributed by atoms with Crippen LogP contribution in [0.2, 0.25) is 5.02 Å². The number of hydrogen-bond acceptors (Lipinski definition) is 8. The molecule has 4 rings (SSSR count). The Labute approximate surface area is 327 Å². The quantitative estimate of drug-likeness (QED) is 0.175. The Balaban J connectivity index is 0.00000441. The number of amides is 1. The number of alkyl halides is 3. The first-order valence-electron chi connectivity index (χ1n) is 11.1. The predicted octanol–water partition coefficient (Wildman–Crippen LogP) is -0.646. The average molecular weight is 689 g/mol. The fourth-order valence-electron chi connectivity index (χ4n) is 3.91. The van der Waals surface area contributed by atoms with E-state index in [9.17, 15) is 31.7 Å². The molecule has 2 aromatic heterocycles. The Bertz CT molecular complexity index is 1490. The molecule has 3 aromatic rings. The van der Waals surface area contributed by atoms with Crippen LogP contribution in [-0.4, -0.2) is 44.7 Å². The van der Waals surface area contributed by atoms with E-state index in [4.69, 9.17) is 21.4 Å². The molecule has 0 saturated carbocycles. The summed E-state index contributed by atoms with van der Waals surface area (Å²) in [4.78, 5) is 52.3. The minimum absolute atomic E-state index is 0. The first kappa shape index (κ1) is 37.4. The molecule has 1 fully saturated rings. The van der Waals surface area contributed by atoms with Crippen LogP contribution in [-0.2, 0) is 20.1 Å². The summed E-state index contributed by atoms with van der Waals surface area (Å²) in [5.41, 5.74) is -1.89. The number of halogens is 5. The first-order valence-corrected chi connectivity index (χ1v) is 13.8. The number of pyridine rings is 1. The third kappa shape index (κ3) is 9.83. The minimum Gasteiger partial charge on any atom is -1.00 e. The standard InChI is InChI=1S/C22H18ClF4N4O6PS.2K.2H/c23-15-7-12(8-28-18(15)31-6-2-3-11(9-31)20(33)37-38(34,35)36)19(32)30-21-29-16(10-39-21)13-4-1-5-14(17(13)24)22(25,26)27;;;;/h1,4-5,7-8,10-11H,2-3,6,9H2,(H,29,30,32)(H2,34,35,36);;;;/q;2*+1;2*-1. The molecule has 0 radical (unpaired) electrons. The molecular weight excluding hydrogens is 669 g/mol. The van der Waals surface area contributed by atoms with Gasteiger partial charge in [-0.2, -0.15) is 13.2 Å². The molecule has 1 aromatic carbocycles. The number of nitrogens with zero attached hydrogens (tertiary/aromatic N) is 3. The van der Waals surface area contributed by atoms with Crippen molar-refractivity contribution in [1.82, 2.24) is 9.97 Å². The van der Waals surface area contributed by atoms with E-state index in [-0.39, 0.29) is 145 Å². The number of carbonyl (C=O) groups excluding carboxylic acids is 2. The minimum atomic E-state index is -4.99. The van der Waals surface area contributed by atoms with Crippen molar-refractivity contribution in [2.45, 2.75) is 19.0 Å². The second-order valence-electron chi connectivity index (χ2n) is 8.37. The normalized spacial score (nSPS) is 15.4. The van der Waals surface area contributed by atoms with Crippen LogP contribution in [0.5, 0.6) is 0 Å². The Morgan fingerprint density at radius 3 is 2.61 bits per heavy atom. The molecule has 3 heterocycles. The molecule has 1 aliphatic heterocycles. The Morgan fingerprint density at radius 1 is 1.27 bits per heavy atom. The second-order valence-corrected chi connectivity index (χ2v) is 10.8. The van der Waals surface area contributed by atoms with E-state index in [0.29, 0.717) is 25.5 Å². The molecular formula is C22H20ClF4K2N4O6PS. The van der Waals surface area contributed by atoms with Crippen LogP contribution < -0.4 is 113 Å². The van der Waals surface area contributed by atoms with Crippen LogP contribution in [0, 0.1) is 11.7 Å². The molecule has 10 nitrogen and oxygen atoms in total. The summed E-state index contributed by atoms with van der Waals surface area (Å²) < 4.78 is 68.6. The fourth-order valence-corrected chi connectivity index (χ4v) is 5.29. The number of rotatable bonds is 6. The van der Waals surface area contributed by atoms with Gasteiger partial charge in [0, 0.05) is 30.2 Å². The van der Waals surface area contributed by atoms with Gasteiger partial charge in [0.15, 0.2) is 5.13 Å². The molecule has 3 N–H and O–H groups in total. The molecule has 212 valence electrons. The molecule has 1 aliphatic rings. The molecule has 1 amide bonds. The molecule has 0 aliphatic carbocycles. The van der Waals surface area contributed by atoms with Gasteiger partial charge >= 0.3 is 123 Å². The third-order valence-corrected chi connectivity index (χ3v) is 7.11. The van der Waals surface area contributed by atoms with E-state index in [1.54, 1.807) is 4.90 Å². The van der Waals surface area contributed by atoms with Crippen LogP contribution in [0.4, 0.5) is 28.5 Å². The largest absolute Gasteiger partial charge is 1.00 e. The van der Waals surface area contributed by atoms with E-state index in [1.165, 1.54) is 17.6 Å². The molecule has 19 heteroatoms. The van der Waals surface area contributed by atoms with E-state index >= 15 is 0 Å². The summed E-state index contributed by atoms with van der Waals surface area (Å²) in [6.07, 6.45) is -2.85. The van der Waals surface area contributed by atoms with Crippen molar-refractivity contribution >= 4 is 53.6 Å². The van der Waals surface area contributed by atoms with Gasteiger partial charge in [-0.1, -0.05) is 17.7 Å². The number of benzene rings is 1. The van der Waals surface area contributed by atoms with E-state index < -0.39 is 43.2 Å². The zero-order valence-corrected chi connectivity index (χ0v) is 30.2. The van der Waals surface area contributed by atoms with Crippen LogP contribution in [0.3, 0.4) is 0 Å². The third-order valence-electron chi connectivity index (χ3n) is 5.65. The summed E-state index contributed by atoms with van der Waals surface area (Å²) in [6.45, 7) is 0.469. The maximum Gasteiger partial charge on any atom is 1.00 e. The number of phosphoric acid groups is 1. The summed E-state index contributed by atoms with van der Waals surface area (Å²) in [5.74, 6) is -3.81. The summed E-state index contributed by atoms with van der Waals surface area (Å²) in [5, 5.41) is 3.81. The van der Waals surface area contributed by atoms with Gasteiger partial charge in [-0.25, -0.2) is 18.9 Å². The van der Waals surface area contributed by atoms with Crippen molar-refractivity contribution in [2.75, 3.05) is 23.3 Å². The zero-order valence-electron chi connectivity index (χ0n) is 23.5. The predicted molar refractivity (Wildman–Crippen MR) is 135 cm³/mol. The van der Waals surface area contributed by atoms with Gasteiger partial charge in [0.25, 0.3) is 5.91 Å². The zero-order chi connectivity index (χ0) is 28.5. The van der Waals surface area contributed by atoms with Crippen molar-refractivity contribution in [2.24, 2.45) is 5.92 Å². The molecule has 41 heavy (non-hydrogen) atoms. The Morgan fingerprint density at radius 2 is 1.98 bits per heavy atom. The van der Waals surface area contributed by atoms with Crippen LogP contribution in [0.25, 0.3) is 11.3 Å². The Kier molecular flexibility index (Phi) is 14.1. The van der Waals surface area contributed by atoms with Crippen molar-refractivity contribution < 1.29 is 152 Å². The maximum absolute atomic E-state index is 14.4. The number of hydrogen-bond donors (Lipinski definition) is 3. The van der Waals surface area contributed by atoms with Crippen molar-refractivity contribution in [3.8, 4) is 11.3 Å². The number of carbonyl (C=O) groups is 2. The number of piperidine rings is 1. The van der Waals surface area contributed by atoms with Gasteiger partial charge in [-0.05, 0) is 31.0 Å². The van der Waals surface area contributed by atoms with E-state index in [0.717, 1.165) is 23.5 Å². The van der Waals surface area contributed by atoms with Crippen LogP contribution in [0.15, 0.2) is 35.8 Å². The van der Waals surface area contributed by atoms with E-state index in [1.807, 2.05) is 0 Å². The van der Waals surface area contributed by atoms with Crippen LogP contribution in [0.1, 0.15) is 31.6 Å². The molecule has 1 unspecified atom stereocenters. The van der Waals surface area contributed by atoms with E-state index in [2.05, 4.69) is 19.8 Å². The molecule has 0 bridgehead atoms. The number of nitrogens with one attached hydrogen (secondary N) is 1. The van der Waals surface area contributed by atoms with Gasteiger partial charge in [0.05, 0.1) is 27.8 Å². The van der Waals surface area contributed by atoms with Gasteiger partial charge < -0.3 is 12.3 Å². The number of thiazole rings is 1. The number of aromatic nitrogens is 2. The Hall–Kier alpha value is 0.173. The maximum atomic E-state index is 14.4. The number of phosphoric ester groups is 1. The van der Waals surface area contributed by atoms with Gasteiger partial charge in [0.2, 0.25) is 0 Å². The van der Waals surface area contributed by atoms with Crippen LogP contribution >= 0.6 is 30.8 Å². The van der Waals surface area contributed by atoms with Crippen molar-refractivity contribution in [3.63, 3.8) is 0 Å². The average Bonchev–Trinajstić information content (AvgIpc) is 3.30. The fraction of sp³-hybridized carbons (Fsp3) is 0.273. The smallest absolute Gasteiger partial charge is 1.00 e. The number of anilines is 2. The molecule has 1 saturated heterocycles. The summed E-state index contributed by atoms with van der Waals surface area (Å²) in [7, 11) is -4.99. The van der Waals surface area contributed by atoms with Crippen molar-refractivity contribution in [3.05, 3.63) is 57.8 Å². The second kappa shape index (κ2) is 15.4. The first-order chi connectivity index (χ1) is 18.2. The molecule has 1 atom stereocenters. The van der Waals surface area contributed by atoms with Gasteiger partial charge in [-0.15, -0.1) is 11.3 Å². The monoisotopic (exact) mass is 688 g/mol. The summed E-state index contributed by atoms with van der Waals surface area (Å²) >= 11 is 7.20. The topological polar surface area (TPSA) is 142 Å². The SMILES string of the molecule is O=C(Nc1nc(-c2cccc(C(F)(F)F)c2F)cs1)c1cnc(N2CCCC(C(=O)OP(=O)(O)O)C2)c(Cl)c1.[H-].[H-].[K+].[K+]. The van der Waals surface area contributed by atoms with Crippen molar-refractivity contribution in [1.29, 1.82) is 0 Å². The summed E-state index contributed by atoms with van der Waals surface area (Å²) in [6, 6.07) is 4.12. The van der Waals surface area contributed by atoms with Gasteiger partial charge in [0.1, 0.15) is 11.6 Å². The van der Waals surface area contributed by atoms with Gasteiger partial charge in [-0.3, -0.25) is 24.7 Å².